The first kappa shape index (κ1) is 25.1. The summed E-state index contributed by atoms with van der Waals surface area (Å²) in [5, 5.41) is 2.84. The van der Waals surface area contributed by atoms with Gasteiger partial charge in [0.1, 0.15) is 0 Å². The van der Waals surface area contributed by atoms with Crippen LogP contribution in [0.3, 0.4) is 0 Å². The number of hydrogen-bond acceptors (Lipinski definition) is 1. The van der Waals surface area contributed by atoms with Crippen molar-refractivity contribution in [1.82, 2.24) is 0 Å². The van der Waals surface area contributed by atoms with Gasteiger partial charge in [-0.1, -0.05) is 123 Å². The molecule has 3 unspecified atom stereocenters. The molecule has 0 saturated heterocycles. The van der Waals surface area contributed by atoms with E-state index in [9.17, 15) is 0 Å². The first-order chi connectivity index (χ1) is 20.0. The fraction of sp³-hybridized carbons (Fsp3) is 0.250. The maximum Gasteiger partial charge on any atom is 0.0673 e. The fourth-order valence-corrected chi connectivity index (χ4v) is 9.59. The van der Waals surface area contributed by atoms with Crippen molar-refractivity contribution in [2.45, 2.75) is 57.3 Å². The Kier molecular flexibility index (Phi) is 5.60. The van der Waals surface area contributed by atoms with Gasteiger partial charge < -0.3 is 0 Å². The molecule has 0 aliphatic heterocycles. The van der Waals surface area contributed by atoms with E-state index >= 15 is 0 Å². The predicted molar refractivity (Wildman–Crippen MR) is 177 cm³/mol. The average molecular weight is 549 g/mol. The molecule has 8 rings (SSSR count). The van der Waals surface area contributed by atoms with Crippen molar-refractivity contribution in [3.05, 3.63) is 140 Å². The molecule has 41 heavy (non-hydrogen) atoms. The lowest BCUT2D eigenvalue weighted by molar-refractivity contribution is 0.535. The van der Waals surface area contributed by atoms with Gasteiger partial charge in [0.25, 0.3) is 0 Å². The number of rotatable bonds is 3. The molecule has 0 fully saturated rings. The summed E-state index contributed by atoms with van der Waals surface area (Å²) in [5.41, 5.74) is 11.1. The van der Waals surface area contributed by atoms with Crippen molar-refractivity contribution < 1.29 is 0 Å². The molecule has 0 N–H and O–H groups in total. The smallest absolute Gasteiger partial charge is 0.0673 e. The Labute approximate surface area is 247 Å². The SMILES string of the molecule is Cc1cccc2c1C1(C)CC=CC=C1C2(C1=CCC(C)C=C1)c1ccc(-c2cccc3c4c(sc23)=CCCC=4)cc1. The fourth-order valence-electron chi connectivity index (χ4n) is 8.28. The molecule has 1 heteroatoms. The molecule has 4 aromatic rings. The van der Waals surface area contributed by atoms with Crippen LogP contribution < -0.4 is 9.75 Å². The number of thiophene rings is 1. The summed E-state index contributed by atoms with van der Waals surface area (Å²) in [5.74, 6) is 0.578. The molecule has 0 saturated carbocycles. The van der Waals surface area contributed by atoms with E-state index in [0.717, 1.165) is 25.7 Å². The van der Waals surface area contributed by atoms with Gasteiger partial charge in [0.05, 0.1) is 5.41 Å². The first-order valence-electron chi connectivity index (χ1n) is 15.2. The molecule has 3 atom stereocenters. The lowest BCUT2D eigenvalue weighted by Crippen LogP contribution is -2.35. The van der Waals surface area contributed by atoms with E-state index in [4.69, 9.17) is 0 Å². The molecule has 202 valence electrons. The van der Waals surface area contributed by atoms with E-state index in [1.165, 1.54) is 64.4 Å². The maximum absolute atomic E-state index is 2.53. The Balaban J connectivity index is 1.36. The molecule has 3 aromatic carbocycles. The summed E-state index contributed by atoms with van der Waals surface area (Å²) in [6, 6.07) is 23.5. The zero-order chi connectivity index (χ0) is 27.8. The van der Waals surface area contributed by atoms with Crippen LogP contribution in [0.15, 0.2) is 108 Å². The minimum Gasteiger partial charge on any atom is -0.135 e. The lowest BCUT2D eigenvalue weighted by atomic mass is 9.61. The van der Waals surface area contributed by atoms with Gasteiger partial charge in [0, 0.05) is 20.0 Å². The topological polar surface area (TPSA) is 0 Å². The van der Waals surface area contributed by atoms with Crippen molar-refractivity contribution in [2.24, 2.45) is 5.92 Å². The minimum atomic E-state index is -0.284. The van der Waals surface area contributed by atoms with Crippen LogP contribution in [0.2, 0.25) is 0 Å². The molecule has 0 bridgehead atoms. The lowest BCUT2D eigenvalue weighted by Gasteiger charge is -2.40. The number of fused-ring (bicyclic) bond motifs is 6. The average Bonchev–Trinajstić information content (AvgIpc) is 3.50. The van der Waals surface area contributed by atoms with Gasteiger partial charge in [0.15, 0.2) is 0 Å². The quantitative estimate of drug-likeness (QED) is 0.239. The molecule has 1 heterocycles. The van der Waals surface area contributed by atoms with Crippen LogP contribution in [0.4, 0.5) is 0 Å². The van der Waals surface area contributed by atoms with E-state index in [1.54, 1.807) is 0 Å². The van der Waals surface area contributed by atoms with Gasteiger partial charge in [-0.05, 0) is 88.3 Å². The van der Waals surface area contributed by atoms with E-state index < -0.39 is 0 Å². The summed E-state index contributed by atoms with van der Waals surface area (Å²) in [6.07, 6.45) is 23.8. The van der Waals surface area contributed by atoms with Crippen molar-refractivity contribution >= 4 is 33.6 Å². The van der Waals surface area contributed by atoms with Crippen LogP contribution in [0.5, 0.6) is 0 Å². The predicted octanol–water partition coefficient (Wildman–Crippen LogP) is 9.20. The highest BCUT2D eigenvalue weighted by atomic mass is 32.1. The van der Waals surface area contributed by atoms with Gasteiger partial charge in [-0.2, -0.15) is 0 Å². The second-order valence-corrected chi connectivity index (χ2v) is 13.7. The summed E-state index contributed by atoms with van der Waals surface area (Å²) >= 11 is 1.96. The third-order valence-electron chi connectivity index (χ3n) is 10.2. The van der Waals surface area contributed by atoms with Crippen LogP contribution in [0.1, 0.15) is 61.8 Å². The Morgan fingerprint density at radius 2 is 1.73 bits per heavy atom. The molecule has 0 spiro atoms. The van der Waals surface area contributed by atoms with Crippen LogP contribution in [0.25, 0.3) is 33.4 Å². The molecular weight excluding hydrogens is 513 g/mol. The largest absolute Gasteiger partial charge is 0.135 e. The van der Waals surface area contributed by atoms with Gasteiger partial charge >= 0.3 is 0 Å². The van der Waals surface area contributed by atoms with E-state index in [1.807, 2.05) is 11.3 Å². The standard InChI is InChI=1S/C40H36S/c1-26-17-21-29(22-18-26)40(34-14-8-10-27(2)37(34)39(3)25-7-6-16-36(39)40)30-23-19-28(20-24-30)31-12-9-13-33-32-11-4-5-15-35(32)41-38(31)33/h6-17,19-24,26H,4-5,18,25H2,1-3H3. The molecule has 0 amide bonds. The Hall–Kier alpha value is -3.68. The van der Waals surface area contributed by atoms with E-state index in [-0.39, 0.29) is 10.8 Å². The van der Waals surface area contributed by atoms with Crippen molar-refractivity contribution in [2.75, 3.05) is 0 Å². The molecular formula is C40H36S. The molecule has 1 aromatic heterocycles. The summed E-state index contributed by atoms with van der Waals surface area (Å²) < 4.78 is 2.85. The van der Waals surface area contributed by atoms with Crippen molar-refractivity contribution in [3.8, 4) is 11.1 Å². The van der Waals surface area contributed by atoms with E-state index in [0.29, 0.717) is 5.92 Å². The number of aryl methyl sites for hydroxylation is 1. The number of hydrogen-bond donors (Lipinski definition) is 0. The van der Waals surface area contributed by atoms with Gasteiger partial charge in [-0.3, -0.25) is 0 Å². The van der Waals surface area contributed by atoms with Crippen LogP contribution in [0, 0.1) is 12.8 Å². The third kappa shape index (κ3) is 3.45. The first-order valence-corrected chi connectivity index (χ1v) is 16.0. The Morgan fingerprint density at radius 3 is 2.56 bits per heavy atom. The molecule has 4 aliphatic rings. The Morgan fingerprint density at radius 1 is 0.902 bits per heavy atom. The van der Waals surface area contributed by atoms with Gasteiger partial charge in [-0.25, -0.2) is 0 Å². The van der Waals surface area contributed by atoms with Gasteiger partial charge in [-0.15, -0.1) is 11.3 Å². The number of benzene rings is 3. The molecule has 4 aliphatic carbocycles. The Bertz CT molecular complexity index is 1970. The number of allylic oxidation sites excluding steroid dienone is 8. The summed E-state index contributed by atoms with van der Waals surface area (Å²) in [4.78, 5) is 0. The van der Waals surface area contributed by atoms with Crippen LogP contribution in [-0.4, -0.2) is 0 Å². The highest BCUT2D eigenvalue weighted by Crippen LogP contribution is 2.63. The van der Waals surface area contributed by atoms with Crippen LogP contribution >= 0.6 is 11.3 Å². The molecule has 0 radical (unpaired) electrons. The second kappa shape index (κ2) is 9.16. The van der Waals surface area contributed by atoms with E-state index in [2.05, 4.69) is 130 Å². The third-order valence-corrected chi connectivity index (χ3v) is 11.4. The summed E-state index contributed by atoms with van der Waals surface area (Å²) in [6.45, 7) is 7.11. The highest BCUT2D eigenvalue weighted by Gasteiger charge is 2.56. The van der Waals surface area contributed by atoms with Gasteiger partial charge in [0.2, 0.25) is 0 Å². The normalized spacial score (nSPS) is 26.0. The monoisotopic (exact) mass is 548 g/mol. The maximum atomic E-state index is 2.53. The zero-order valence-electron chi connectivity index (χ0n) is 24.2. The van der Waals surface area contributed by atoms with Crippen LogP contribution in [-0.2, 0) is 10.8 Å². The second-order valence-electron chi connectivity index (χ2n) is 12.6. The zero-order valence-corrected chi connectivity index (χ0v) is 25.0. The highest BCUT2D eigenvalue weighted by molar-refractivity contribution is 7.17. The van der Waals surface area contributed by atoms with Crippen molar-refractivity contribution in [3.63, 3.8) is 0 Å². The molecule has 0 nitrogen and oxygen atoms in total. The van der Waals surface area contributed by atoms with Crippen molar-refractivity contribution in [1.29, 1.82) is 0 Å². The summed E-state index contributed by atoms with van der Waals surface area (Å²) in [7, 11) is 0. The minimum absolute atomic E-state index is 0.0134.